The second kappa shape index (κ2) is 9.03. The van der Waals surface area contributed by atoms with Gasteiger partial charge in [0.2, 0.25) is 0 Å². The second-order valence-electron chi connectivity index (χ2n) is 3.98. The summed E-state index contributed by atoms with van der Waals surface area (Å²) in [6, 6.07) is 5.50. The van der Waals surface area contributed by atoms with Crippen LogP contribution < -0.4 is 15.2 Å². The van der Waals surface area contributed by atoms with Gasteiger partial charge >= 0.3 is 0 Å². The molecule has 0 saturated heterocycles. The number of benzene rings is 1. The summed E-state index contributed by atoms with van der Waals surface area (Å²) < 4.78 is 10.8. The van der Waals surface area contributed by atoms with Crippen molar-refractivity contribution >= 4 is 12.4 Å². The second-order valence-corrected chi connectivity index (χ2v) is 3.98. The van der Waals surface area contributed by atoms with Gasteiger partial charge in [0.25, 0.3) is 0 Å². The minimum Gasteiger partial charge on any atom is -0.493 e. The Morgan fingerprint density at radius 1 is 1.33 bits per heavy atom. The molecule has 0 aliphatic rings. The lowest BCUT2D eigenvalue weighted by molar-refractivity contribution is 0.265. The van der Waals surface area contributed by atoms with Crippen LogP contribution in [-0.4, -0.2) is 31.5 Å². The summed E-state index contributed by atoms with van der Waals surface area (Å²) in [7, 11) is 1.61. The first kappa shape index (κ1) is 17.0. The maximum atomic E-state index is 8.91. The number of ether oxygens (including phenoxy) is 2. The Hall–Kier alpha value is -0.970. The number of aliphatic hydroxyl groups excluding tert-OH is 1. The van der Waals surface area contributed by atoms with E-state index in [0.29, 0.717) is 18.8 Å². The van der Waals surface area contributed by atoms with Gasteiger partial charge in [-0.15, -0.1) is 12.4 Å². The molecule has 0 radical (unpaired) electrons. The van der Waals surface area contributed by atoms with Gasteiger partial charge in [-0.2, -0.15) is 0 Å². The molecule has 0 aromatic heterocycles. The molecule has 5 heteroatoms. The Labute approximate surface area is 115 Å². The van der Waals surface area contributed by atoms with Crippen molar-refractivity contribution in [3.05, 3.63) is 23.8 Å². The predicted octanol–water partition coefficient (Wildman–Crippen LogP) is 1.77. The van der Waals surface area contributed by atoms with Crippen molar-refractivity contribution < 1.29 is 14.6 Å². The molecule has 0 heterocycles. The van der Waals surface area contributed by atoms with Crippen molar-refractivity contribution in [3.8, 4) is 11.5 Å². The Balaban J connectivity index is 0.00000289. The van der Waals surface area contributed by atoms with Gasteiger partial charge in [-0.3, -0.25) is 0 Å². The van der Waals surface area contributed by atoms with Gasteiger partial charge in [-0.1, -0.05) is 13.0 Å². The van der Waals surface area contributed by atoms with Gasteiger partial charge in [-0.05, 0) is 30.5 Å². The molecule has 0 saturated carbocycles. The minimum absolute atomic E-state index is 0. The Bertz CT molecular complexity index is 347. The van der Waals surface area contributed by atoms with E-state index in [2.05, 4.69) is 6.92 Å². The third-order valence-electron chi connectivity index (χ3n) is 2.42. The van der Waals surface area contributed by atoms with Crippen LogP contribution in [0.2, 0.25) is 0 Å². The molecular weight excluding hydrogens is 254 g/mol. The number of hydrogen-bond donors (Lipinski definition) is 2. The van der Waals surface area contributed by atoms with Crippen molar-refractivity contribution in [1.82, 2.24) is 0 Å². The number of methoxy groups -OCH3 is 1. The smallest absolute Gasteiger partial charge is 0.161 e. The van der Waals surface area contributed by atoms with Gasteiger partial charge in [0, 0.05) is 6.04 Å². The van der Waals surface area contributed by atoms with Crippen molar-refractivity contribution in [1.29, 1.82) is 0 Å². The average Bonchev–Trinajstić information content (AvgIpc) is 2.36. The molecule has 3 N–H and O–H groups in total. The highest BCUT2D eigenvalue weighted by Crippen LogP contribution is 2.28. The zero-order valence-electron chi connectivity index (χ0n) is 10.9. The lowest BCUT2D eigenvalue weighted by Gasteiger charge is -2.13. The lowest BCUT2D eigenvalue weighted by atomic mass is 10.1. The molecule has 0 amide bonds. The first-order valence-corrected chi connectivity index (χ1v) is 5.87. The molecule has 1 atom stereocenters. The molecule has 104 valence electrons. The third kappa shape index (κ3) is 5.12. The van der Waals surface area contributed by atoms with E-state index in [1.54, 1.807) is 7.11 Å². The molecule has 1 aromatic rings. The number of hydrogen-bond acceptors (Lipinski definition) is 4. The first-order valence-electron chi connectivity index (χ1n) is 5.87. The van der Waals surface area contributed by atoms with E-state index in [-0.39, 0.29) is 25.1 Å². The Morgan fingerprint density at radius 3 is 2.61 bits per heavy atom. The first-order chi connectivity index (χ1) is 8.21. The average molecular weight is 276 g/mol. The summed E-state index contributed by atoms with van der Waals surface area (Å²) >= 11 is 0. The molecule has 1 aromatic carbocycles. The van der Waals surface area contributed by atoms with Crippen molar-refractivity contribution in [2.24, 2.45) is 5.73 Å². The van der Waals surface area contributed by atoms with E-state index in [9.17, 15) is 0 Å². The Morgan fingerprint density at radius 2 is 2.06 bits per heavy atom. The monoisotopic (exact) mass is 275 g/mol. The summed E-state index contributed by atoms with van der Waals surface area (Å²) in [6.07, 6.45) is 1.58. The molecule has 0 fully saturated rings. The van der Waals surface area contributed by atoms with Crippen LogP contribution in [0.15, 0.2) is 18.2 Å². The zero-order valence-corrected chi connectivity index (χ0v) is 11.7. The van der Waals surface area contributed by atoms with Gasteiger partial charge in [0.15, 0.2) is 11.5 Å². The topological polar surface area (TPSA) is 64.7 Å². The van der Waals surface area contributed by atoms with Crippen LogP contribution in [0.25, 0.3) is 0 Å². The van der Waals surface area contributed by atoms with Gasteiger partial charge in [-0.25, -0.2) is 0 Å². The SMILES string of the molecule is CCCOc1ccc(CC(N)CO)cc1OC.Cl. The summed E-state index contributed by atoms with van der Waals surface area (Å²) in [4.78, 5) is 0. The number of nitrogens with two attached hydrogens (primary N) is 1. The van der Waals surface area contributed by atoms with Crippen LogP contribution in [0.1, 0.15) is 18.9 Å². The molecule has 4 nitrogen and oxygen atoms in total. The van der Waals surface area contributed by atoms with E-state index >= 15 is 0 Å². The highest BCUT2D eigenvalue weighted by atomic mass is 35.5. The summed E-state index contributed by atoms with van der Waals surface area (Å²) in [5.74, 6) is 1.46. The van der Waals surface area contributed by atoms with E-state index in [1.165, 1.54) is 0 Å². The number of rotatable bonds is 7. The Kier molecular flexibility index (Phi) is 8.54. The largest absolute Gasteiger partial charge is 0.493 e. The standard InChI is InChI=1S/C13H21NO3.ClH/c1-3-6-17-12-5-4-10(7-11(14)9-15)8-13(12)16-2;/h4-5,8,11,15H,3,6-7,9,14H2,1-2H3;1H. The maximum absolute atomic E-state index is 8.91. The summed E-state index contributed by atoms with van der Waals surface area (Å²) in [5.41, 5.74) is 6.73. The van der Waals surface area contributed by atoms with Gasteiger partial charge in [0.05, 0.1) is 20.3 Å². The van der Waals surface area contributed by atoms with Crippen LogP contribution in [0, 0.1) is 0 Å². The molecule has 18 heavy (non-hydrogen) atoms. The molecular formula is C13H22ClNO3. The maximum Gasteiger partial charge on any atom is 0.161 e. The lowest BCUT2D eigenvalue weighted by Crippen LogP contribution is -2.26. The van der Waals surface area contributed by atoms with Crippen LogP contribution in [0.5, 0.6) is 11.5 Å². The number of aliphatic hydroxyl groups is 1. The van der Waals surface area contributed by atoms with E-state index in [4.69, 9.17) is 20.3 Å². The van der Waals surface area contributed by atoms with Crippen LogP contribution in [0.4, 0.5) is 0 Å². The quantitative estimate of drug-likeness (QED) is 0.796. The highest BCUT2D eigenvalue weighted by Gasteiger charge is 2.08. The van der Waals surface area contributed by atoms with Gasteiger partial charge < -0.3 is 20.3 Å². The normalized spacial score (nSPS) is 11.6. The fourth-order valence-corrected chi connectivity index (χ4v) is 1.54. The van der Waals surface area contributed by atoms with Crippen LogP contribution in [-0.2, 0) is 6.42 Å². The van der Waals surface area contributed by atoms with Crippen LogP contribution in [0.3, 0.4) is 0 Å². The fraction of sp³-hybridized carbons (Fsp3) is 0.538. The molecule has 0 aliphatic heterocycles. The molecule has 1 unspecified atom stereocenters. The molecule has 0 bridgehead atoms. The zero-order chi connectivity index (χ0) is 12.7. The molecule has 1 rings (SSSR count). The minimum atomic E-state index is -0.234. The number of halogens is 1. The molecule has 0 spiro atoms. The summed E-state index contributed by atoms with van der Waals surface area (Å²) in [5, 5.41) is 8.91. The van der Waals surface area contributed by atoms with Crippen LogP contribution >= 0.6 is 12.4 Å². The van der Waals surface area contributed by atoms with Crippen molar-refractivity contribution in [3.63, 3.8) is 0 Å². The predicted molar refractivity (Wildman–Crippen MR) is 74.8 cm³/mol. The van der Waals surface area contributed by atoms with E-state index < -0.39 is 0 Å². The van der Waals surface area contributed by atoms with E-state index in [0.717, 1.165) is 17.7 Å². The highest BCUT2D eigenvalue weighted by molar-refractivity contribution is 5.85. The van der Waals surface area contributed by atoms with Crippen molar-refractivity contribution in [2.45, 2.75) is 25.8 Å². The third-order valence-corrected chi connectivity index (χ3v) is 2.42. The van der Waals surface area contributed by atoms with Gasteiger partial charge in [0.1, 0.15) is 0 Å². The van der Waals surface area contributed by atoms with Crippen molar-refractivity contribution in [2.75, 3.05) is 20.3 Å². The van der Waals surface area contributed by atoms with E-state index in [1.807, 2.05) is 18.2 Å². The summed E-state index contributed by atoms with van der Waals surface area (Å²) in [6.45, 7) is 2.71. The fourth-order valence-electron chi connectivity index (χ4n) is 1.54. The molecule has 0 aliphatic carbocycles.